The van der Waals surface area contributed by atoms with Crippen LogP contribution >= 0.6 is 0 Å². The lowest BCUT2D eigenvalue weighted by molar-refractivity contribution is -0.253. The lowest BCUT2D eigenvalue weighted by Crippen LogP contribution is -2.44. The van der Waals surface area contributed by atoms with Gasteiger partial charge in [-0.15, -0.1) is 0 Å². The SMILES string of the molecule is C=CCOC(=O)NCc1ccccc1-c1ccc(C2OC(CN3CCOCC3)CC(c3ccc(CO)cc3)O2)cc1. The molecule has 41 heavy (non-hydrogen) atoms. The lowest BCUT2D eigenvalue weighted by atomic mass is 9.97. The van der Waals surface area contributed by atoms with Crippen LogP contribution in [0.4, 0.5) is 4.79 Å². The van der Waals surface area contributed by atoms with Gasteiger partial charge in [0.1, 0.15) is 6.61 Å². The average Bonchev–Trinajstić information content (AvgIpc) is 3.03. The summed E-state index contributed by atoms with van der Waals surface area (Å²) >= 11 is 0. The van der Waals surface area contributed by atoms with Gasteiger partial charge in [0.15, 0.2) is 6.29 Å². The van der Waals surface area contributed by atoms with Crippen LogP contribution in [-0.2, 0) is 32.1 Å². The topological polar surface area (TPSA) is 89.5 Å². The second-order valence-electron chi connectivity index (χ2n) is 10.3. The highest BCUT2D eigenvalue weighted by Crippen LogP contribution is 2.39. The molecule has 8 nitrogen and oxygen atoms in total. The number of morpholine rings is 1. The third-order valence-corrected chi connectivity index (χ3v) is 7.45. The van der Waals surface area contributed by atoms with Crippen LogP contribution in [-0.4, -0.2) is 61.7 Å². The Hall–Kier alpha value is -3.53. The van der Waals surface area contributed by atoms with E-state index in [1.807, 2.05) is 60.7 Å². The van der Waals surface area contributed by atoms with E-state index in [2.05, 4.69) is 28.9 Å². The third-order valence-electron chi connectivity index (χ3n) is 7.45. The quantitative estimate of drug-likeness (QED) is 0.333. The summed E-state index contributed by atoms with van der Waals surface area (Å²) in [6.45, 7) is 8.20. The monoisotopic (exact) mass is 558 g/mol. The Morgan fingerprint density at radius 1 is 1.00 bits per heavy atom. The third kappa shape index (κ3) is 7.81. The summed E-state index contributed by atoms with van der Waals surface area (Å²) in [6.07, 6.45) is 1.17. The molecule has 3 atom stereocenters. The highest BCUT2D eigenvalue weighted by atomic mass is 16.7. The van der Waals surface area contributed by atoms with Crippen molar-refractivity contribution < 1.29 is 28.8 Å². The Morgan fingerprint density at radius 2 is 1.73 bits per heavy atom. The van der Waals surface area contributed by atoms with E-state index in [-0.39, 0.29) is 25.4 Å². The Morgan fingerprint density at radius 3 is 2.46 bits per heavy atom. The molecule has 2 fully saturated rings. The van der Waals surface area contributed by atoms with Crippen molar-refractivity contribution in [3.8, 4) is 11.1 Å². The largest absolute Gasteiger partial charge is 0.445 e. The van der Waals surface area contributed by atoms with E-state index in [9.17, 15) is 9.90 Å². The van der Waals surface area contributed by atoms with Gasteiger partial charge in [-0.25, -0.2) is 4.79 Å². The van der Waals surface area contributed by atoms with E-state index in [0.29, 0.717) is 6.54 Å². The minimum atomic E-state index is -0.511. The first-order valence-corrected chi connectivity index (χ1v) is 14.1. The van der Waals surface area contributed by atoms with Crippen molar-refractivity contribution in [3.05, 3.63) is 108 Å². The highest BCUT2D eigenvalue weighted by Gasteiger charge is 2.33. The predicted molar refractivity (Wildman–Crippen MR) is 156 cm³/mol. The number of aliphatic hydroxyl groups is 1. The molecular formula is C33H38N2O6. The molecule has 216 valence electrons. The van der Waals surface area contributed by atoms with Crippen molar-refractivity contribution in [1.82, 2.24) is 10.2 Å². The predicted octanol–water partition coefficient (Wildman–Crippen LogP) is 5.14. The molecule has 0 spiro atoms. The number of rotatable bonds is 10. The molecular weight excluding hydrogens is 520 g/mol. The van der Waals surface area contributed by atoms with E-state index in [0.717, 1.165) is 72.6 Å². The number of aliphatic hydroxyl groups excluding tert-OH is 1. The van der Waals surface area contributed by atoms with Gasteiger partial charge < -0.3 is 29.4 Å². The van der Waals surface area contributed by atoms with Crippen molar-refractivity contribution in [2.75, 3.05) is 39.5 Å². The molecule has 2 heterocycles. The Balaban J connectivity index is 1.32. The van der Waals surface area contributed by atoms with Crippen molar-refractivity contribution in [1.29, 1.82) is 0 Å². The summed E-state index contributed by atoms with van der Waals surface area (Å²) < 4.78 is 23.6. The Kier molecular flexibility index (Phi) is 10.2. The fourth-order valence-corrected chi connectivity index (χ4v) is 5.23. The fourth-order valence-electron chi connectivity index (χ4n) is 5.23. The van der Waals surface area contributed by atoms with E-state index in [1.165, 1.54) is 6.08 Å². The van der Waals surface area contributed by atoms with Crippen LogP contribution in [0.1, 0.15) is 41.1 Å². The molecule has 2 aliphatic rings. The number of nitrogens with zero attached hydrogens (tertiary/aromatic N) is 1. The summed E-state index contributed by atoms with van der Waals surface area (Å²) in [4.78, 5) is 14.3. The van der Waals surface area contributed by atoms with E-state index < -0.39 is 12.4 Å². The van der Waals surface area contributed by atoms with Gasteiger partial charge in [0.25, 0.3) is 0 Å². The van der Waals surface area contributed by atoms with Crippen molar-refractivity contribution >= 4 is 6.09 Å². The van der Waals surface area contributed by atoms with Gasteiger partial charge in [-0.1, -0.05) is 85.5 Å². The van der Waals surface area contributed by atoms with Crippen LogP contribution in [0.3, 0.4) is 0 Å². The zero-order chi connectivity index (χ0) is 28.4. The molecule has 8 heteroatoms. The molecule has 3 aromatic rings. The smallest absolute Gasteiger partial charge is 0.407 e. The molecule has 2 aliphatic heterocycles. The van der Waals surface area contributed by atoms with Gasteiger partial charge in [0, 0.05) is 38.2 Å². The summed E-state index contributed by atoms with van der Waals surface area (Å²) in [6, 6.07) is 24.2. The van der Waals surface area contributed by atoms with Crippen molar-refractivity contribution in [2.45, 2.75) is 38.1 Å². The van der Waals surface area contributed by atoms with Crippen LogP contribution in [0.5, 0.6) is 0 Å². The maximum atomic E-state index is 11.9. The first-order chi connectivity index (χ1) is 20.1. The molecule has 0 bridgehead atoms. The maximum absolute atomic E-state index is 11.9. The minimum Gasteiger partial charge on any atom is -0.445 e. The van der Waals surface area contributed by atoms with Crippen molar-refractivity contribution in [3.63, 3.8) is 0 Å². The molecule has 2 N–H and O–H groups in total. The van der Waals surface area contributed by atoms with Gasteiger partial charge in [0.2, 0.25) is 0 Å². The molecule has 5 rings (SSSR count). The number of amides is 1. The molecule has 0 radical (unpaired) electrons. The van der Waals surface area contributed by atoms with E-state index in [1.54, 1.807) is 0 Å². The van der Waals surface area contributed by atoms with Crippen LogP contribution in [0, 0.1) is 0 Å². The molecule has 0 aliphatic carbocycles. The number of hydrogen-bond acceptors (Lipinski definition) is 7. The van der Waals surface area contributed by atoms with Gasteiger partial charge in [-0.05, 0) is 27.8 Å². The Labute approximate surface area is 241 Å². The van der Waals surface area contributed by atoms with Crippen molar-refractivity contribution in [2.24, 2.45) is 0 Å². The summed E-state index contributed by atoms with van der Waals surface area (Å²) in [5.74, 6) is 0. The first-order valence-electron chi connectivity index (χ1n) is 14.1. The molecule has 0 aromatic heterocycles. The lowest BCUT2D eigenvalue weighted by Gasteiger charge is -2.39. The normalized spacial score (nSPS) is 21.2. The Bertz CT molecular complexity index is 1270. The van der Waals surface area contributed by atoms with Gasteiger partial charge in [0.05, 0.1) is 32.0 Å². The molecule has 1 amide bonds. The van der Waals surface area contributed by atoms with Gasteiger partial charge in [-0.2, -0.15) is 0 Å². The fraction of sp³-hybridized carbons (Fsp3) is 0.364. The number of carbonyl (C=O) groups is 1. The van der Waals surface area contributed by atoms with Gasteiger partial charge in [-0.3, -0.25) is 4.90 Å². The van der Waals surface area contributed by atoms with Crippen LogP contribution in [0.25, 0.3) is 11.1 Å². The highest BCUT2D eigenvalue weighted by molar-refractivity contribution is 5.70. The number of ether oxygens (including phenoxy) is 4. The standard InChI is InChI=1S/C33H38N2O6/c1-2-17-39-33(37)34-21-28-5-3-4-6-30(28)25-11-13-27(14-12-25)32-40-29(22-35-15-18-38-19-16-35)20-31(41-32)26-9-7-24(23-36)8-10-26/h2-14,29,31-32,36H,1,15-23H2,(H,34,37). The van der Waals surface area contributed by atoms with Crippen LogP contribution in [0.2, 0.25) is 0 Å². The average molecular weight is 559 g/mol. The maximum Gasteiger partial charge on any atom is 0.407 e. The number of nitrogens with one attached hydrogen (secondary N) is 1. The molecule has 3 aromatic carbocycles. The first kappa shape index (κ1) is 29.0. The van der Waals surface area contributed by atoms with Crippen LogP contribution < -0.4 is 5.32 Å². The van der Waals surface area contributed by atoms with E-state index in [4.69, 9.17) is 18.9 Å². The molecule has 3 unspecified atom stereocenters. The van der Waals surface area contributed by atoms with E-state index >= 15 is 0 Å². The van der Waals surface area contributed by atoms with Gasteiger partial charge >= 0.3 is 6.09 Å². The summed E-state index contributed by atoms with van der Waals surface area (Å²) in [5.41, 5.74) is 5.94. The second-order valence-corrected chi connectivity index (χ2v) is 10.3. The number of carbonyl (C=O) groups excluding carboxylic acids is 1. The number of alkyl carbamates (subject to hydrolysis) is 1. The summed E-state index contributed by atoms with van der Waals surface area (Å²) in [5, 5.41) is 12.3. The molecule has 2 saturated heterocycles. The summed E-state index contributed by atoms with van der Waals surface area (Å²) in [7, 11) is 0. The van der Waals surface area contributed by atoms with Crippen LogP contribution in [0.15, 0.2) is 85.5 Å². The number of hydrogen-bond donors (Lipinski definition) is 2. The minimum absolute atomic E-state index is 0.00157. The molecule has 0 saturated carbocycles. The zero-order valence-corrected chi connectivity index (χ0v) is 23.2. The number of benzene rings is 3. The zero-order valence-electron chi connectivity index (χ0n) is 23.2. The second kappa shape index (κ2) is 14.4.